The lowest BCUT2D eigenvalue weighted by Gasteiger charge is -2.43. The maximum absolute atomic E-state index is 14.4. The summed E-state index contributed by atoms with van der Waals surface area (Å²) in [7, 11) is 0. The average molecular weight is 610 g/mol. The monoisotopic (exact) mass is 609 g/mol. The van der Waals surface area contributed by atoms with Crippen LogP contribution in [-0.2, 0) is 28.7 Å². The van der Waals surface area contributed by atoms with Crippen LogP contribution in [0.15, 0.2) is 55.6 Å². The van der Waals surface area contributed by atoms with Crippen molar-refractivity contribution in [2.75, 3.05) is 13.2 Å². The highest BCUT2D eigenvalue weighted by Gasteiger charge is 2.75. The van der Waals surface area contributed by atoms with Gasteiger partial charge in [-0.05, 0) is 59.4 Å². The van der Waals surface area contributed by atoms with Crippen molar-refractivity contribution in [1.82, 2.24) is 15.1 Å². The molecule has 2 bridgehead atoms. The molecule has 0 aliphatic carbocycles. The minimum atomic E-state index is -1.23. The quantitative estimate of drug-likeness (QED) is 0.260. The van der Waals surface area contributed by atoms with E-state index >= 15 is 0 Å². The lowest BCUT2D eigenvalue weighted by molar-refractivity contribution is -0.162. The first-order valence-electron chi connectivity index (χ1n) is 15.5. The van der Waals surface area contributed by atoms with Crippen molar-refractivity contribution >= 4 is 23.7 Å². The summed E-state index contributed by atoms with van der Waals surface area (Å²) in [6, 6.07) is 6.89. The fourth-order valence-corrected chi connectivity index (χ4v) is 7.11. The Bertz CT molecular complexity index is 1260. The molecule has 0 aromatic heterocycles. The van der Waals surface area contributed by atoms with Gasteiger partial charge in [-0.2, -0.15) is 0 Å². The van der Waals surface area contributed by atoms with Gasteiger partial charge in [0.1, 0.15) is 17.7 Å². The predicted octanol–water partition coefficient (Wildman–Crippen LogP) is 3.31. The van der Waals surface area contributed by atoms with Gasteiger partial charge in [-0.25, -0.2) is 0 Å². The number of likely N-dealkylation sites (tertiary alicyclic amines) is 1. The SMILES string of the molecule is C=CCCC(=O)N[C@@H](C)[C@H](OC(=O)[C@@H]1[C@H]2C(=O)N([C@H](C)CO)[C@H](C(=O)N(CC=C)C(C)(C)C)[C@]23CC[C@H]1O3)c1ccccc1. The number of esters is 1. The summed E-state index contributed by atoms with van der Waals surface area (Å²) in [5, 5.41) is 13.1. The maximum atomic E-state index is 14.4. The van der Waals surface area contributed by atoms with E-state index in [0.29, 0.717) is 24.8 Å². The molecule has 3 saturated heterocycles. The number of ether oxygens (including phenoxy) is 2. The van der Waals surface area contributed by atoms with Gasteiger partial charge in [0, 0.05) is 18.5 Å². The first kappa shape index (κ1) is 33.4. The van der Waals surface area contributed by atoms with E-state index in [1.54, 1.807) is 30.9 Å². The molecule has 0 unspecified atom stereocenters. The van der Waals surface area contributed by atoms with E-state index in [2.05, 4.69) is 18.5 Å². The van der Waals surface area contributed by atoms with Crippen LogP contribution in [0.1, 0.15) is 72.0 Å². The first-order chi connectivity index (χ1) is 20.8. The van der Waals surface area contributed by atoms with Gasteiger partial charge in [0.05, 0.1) is 36.6 Å². The van der Waals surface area contributed by atoms with Gasteiger partial charge in [-0.3, -0.25) is 19.2 Å². The fourth-order valence-electron chi connectivity index (χ4n) is 7.11. The first-order valence-corrected chi connectivity index (χ1v) is 15.5. The Balaban J connectivity index is 1.68. The molecule has 1 spiro atoms. The molecule has 3 aliphatic heterocycles. The van der Waals surface area contributed by atoms with Crippen LogP contribution in [-0.4, -0.2) is 87.1 Å². The van der Waals surface area contributed by atoms with Crippen LogP contribution < -0.4 is 5.32 Å². The van der Waals surface area contributed by atoms with Crippen LogP contribution in [0.5, 0.6) is 0 Å². The van der Waals surface area contributed by atoms with E-state index in [1.807, 2.05) is 51.1 Å². The van der Waals surface area contributed by atoms with Crippen molar-refractivity contribution in [2.24, 2.45) is 11.8 Å². The van der Waals surface area contributed by atoms with Gasteiger partial charge in [0.2, 0.25) is 17.7 Å². The van der Waals surface area contributed by atoms with Gasteiger partial charge in [0.25, 0.3) is 0 Å². The molecule has 3 amide bonds. The normalized spacial score (nSPS) is 27.7. The number of hydrogen-bond acceptors (Lipinski definition) is 7. The second kappa shape index (κ2) is 13.2. The highest BCUT2D eigenvalue weighted by atomic mass is 16.6. The molecular weight excluding hydrogens is 562 g/mol. The number of hydrogen-bond donors (Lipinski definition) is 2. The van der Waals surface area contributed by atoms with Crippen LogP contribution in [0, 0.1) is 11.8 Å². The van der Waals surface area contributed by atoms with E-state index in [9.17, 15) is 24.3 Å². The fraction of sp³-hybridized carbons (Fsp3) is 0.588. The largest absolute Gasteiger partial charge is 0.455 e. The molecule has 3 heterocycles. The smallest absolute Gasteiger partial charge is 0.313 e. The zero-order chi connectivity index (χ0) is 32.4. The second-order valence-electron chi connectivity index (χ2n) is 13.2. The van der Waals surface area contributed by atoms with Gasteiger partial charge < -0.3 is 29.7 Å². The Kier molecular flexibility index (Phi) is 10.0. The number of carbonyl (C=O) groups is 4. The number of benzene rings is 1. The van der Waals surface area contributed by atoms with E-state index in [-0.39, 0.29) is 31.4 Å². The van der Waals surface area contributed by atoms with Crippen LogP contribution in [0.3, 0.4) is 0 Å². The molecule has 3 fully saturated rings. The number of fused-ring (bicyclic) bond motifs is 1. The lowest BCUT2D eigenvalue weighted by atomic mass is 9.70. The second-order valence-corrected chi connectivity index (χ2v) is 13.2. The summed E-state index contributed by atoms with van der Waals surface area (Å²) in [6.07, 6.45) is 3.56. The Hall–Kier alpha value is -3.50. The standard InChI is InChI=1S/C34H47N3O7/c1-8-10-16-25(39)35-22(4)28(23-14-12-11-13-15-23)43-32(42)26-24-17-18-34(44-24)27(26)30(40)37(21(3)20-38)29(34)31(41)36(19-9-2)33(5,6)7/h8-9,11-15,21-22,24,26-29,38H,1-2,10,16-20H2,3-7H3,(H,35,39)/t21-,22+,24-,26+,27+,28+,29-,34+/m1/s1. The molecule has 1 aromatic rings. The Morgan fingerprint density at radius 3 is 2.48 bits per heavy atom. The zero-order valence-corrected chi connectivity index (χ0v) is 26.5. The van der Waals surface area contributed by atoms with Crippen LogP contribution >= 0.6 is 0 Å². The average Bonchev–Trinajstić information content (AvgIpc) is 3.63. The zero-order valence-electron chi connectivity index (χ0n) is 26.5. The minimum Gasteiger partial charge on any atom is -0.455 e. The number of nitrogens with one attached hydrogen (secondary N) is 1. The minimum absolute atomic E-state index is 0.194. The van der Waals surface area contributed by atoms with E-state index in [1.165, 1.54) is 4.90 Å². The number of allylic oxidation sites excluding steroid dienone is 1. The third kappa shape index (κ3) is 6.06. The molecule has 10 heteroatoms. The highest BCUT2D eigenvalue weighted by Crippen LogP contribution is 2.59. The van der Waals surface area contributed by atoms with Crippen molar-refractivity contribution in [3.05, 3.63) is 61.2 Å². The molecule has 0 radical (unpaired) electrons. The molecular formula is C34H47N3O7. The van der Waals surface area contributed by atoms with Gasteiger partial charge >= 0.3 is 5.97 Å². The third-order valence-corrected chi connectivity index (χ3v) is 9.16. The van der Waals surface area contributed by atoms with Crippen molar-refractivity contribution in [3.8, 4) is 0 Å². The molecule has 1 aromatic carbocycles. The van der Waals surface area contributed by atoms with Crippen molar-refractivity contribution < 1.29 is 33.8 Å². The third-order valence-electron chi connectivity index (χ3n) is 9.16. The summed E-state index contributed by atoms with van der Waals surface area (Å²) in [5.41, 5.74) is -1.12. The summed E-state index contributed by atoms with van der Waals surface area (Å²) in [6.45, 7) is 16.6. The highest BCUT2D eigenvalue weighted by molar-refractivity contribution is 5.98. The van der Waals surface area contributed by atoms with Crippen molar-refractivity contribution in [1.29, 1.82) is 0 Å². The number of rotatable bonds is 13. The Labute approximate surface area is 260 Å². The summed E-state index contributed by atoms with van der Waals surface area (Å²) in [5.74, 6) is -3.40. The topological polar surface area (TPSA) is 125 Å². The van der Waals surface area contributed by atoms with Crippen LogP contribution in [0.4, 0.5) is 0 Å². The molecule has 8 atom stereocenters. The van der Waals surface area contributed by atoms with Crippen molar-refractivity contribution in [2.45, 2.75) is 102 Å². The molecule has 2 N–H and O–H groups in total. The summed E-state index contributed by atoms with van der Waals surface area (Å²) < 4.78 is 12.7. The number of aliphatic hydroxyl groups excluding tert-OH is 1. The molecule has 44 heavy (non-hydrogen) atoms. The number of carbonyl (C=O) groups excluding carboxylic acids is 4. The molecule has 4 rings (SSSR count). The van der Waals surface area contributed by atoms with E-state index < -0.39 is 65.2 Å². The van der Waals surface area contributed by atoms with Gasteiger partial charge in [-0.15, -0.1) is 13.2 Å². The maximum Gasteiger partial charge on any atom is 0.313 e. The molecule has 3 aliphatic rings. The molecule has 10 nitrogen and oxygen atoms in total. The van der Waals surface area contributed by atoms with Gasteiger partial charge in [-0.1, -0.05) is 42.5 Å². The van der Waals surface area contributed by atoms with Crippen molar-refractivity contribution in [3.63, 3.8) is 0 Å². The Morgan fingerprint density at radius 1 is 1.20 bits per heavy atom. The van der Waals surface area contributed by atoms with E-state index in [0.717, 1.165) is 0 Å². The summed E-state index contributed by atoms with van der Waals surface area (Å²) in [4.78, 5) is 58.4. The van der Waals surface area contributed by atoms with Crippen LogP contribution in [0.25, 0.3) is 0 Å². The van der Waals surface area contributed by atoms with Crippen LogP contribution in [0.2, 0.25) is 0 Å². The summed E-state index contributed by atoms with van der Waals surface area (Å²) >= 11 is 0. The number of nitrogens with zero attached hydrogens (tertiary/aromatic N) is 2. The lowest BCUT2D eigenvalue weighted by Crippen LogP contribution is -2.61. The Morgan fingerprint density at radius 2 is 1.89 bits per heavy atom. The van der Waals surface area contributed by atoms with Gasteiger partial charge in [0.15, 0.2) is 0 Å². The number of amides is 3. The number of aliphatic hydroxyl groups is 1. The molecule has 0 saturated carbocycles. The molecule has 240 valence electrons. The van der Waals surface area contributed by atoms with E-state index in [4.69, 9.17) is 9.47 Å². The predicted molar refractivity (Wildman–Crippen MR) is 165 cm³/mol.